The Labute approximate surface area is 356 Å². The average Bonchev–Trinajstić information content (AvgIpc) is 3.24. The summed E-state index contributed by atoms with van der Waals surface area (Å²) in [4.78, 5) is 0. The van der Waals surface area contributed by atoms with Crippen molar-refractivity contribution >= 4 is 240 Å². The van der Waals surface area contributed by atoms with Gasteiger partial charge in [0.25, 0.3) is 0 Å². The molecule has 0 bridgehead atoms. The van der Waals surface area contributed by atoms with Crippen molar-refractivity contribution in [3.05, 3.63) is 84.9 Å². The van der Waals surface area contributed by atoms with Crippen LogP contribution in [0, 0.1) is 0 Å². The molecule has 0 aliphatic heterocycles. The first-order chi connectivity index (χ1) is 27.7. The maximum atomic E-state index is 2.50. The monoisotopic (exact) mass is 724 g/mol. The molecule has 260 valence electrons. The van der Waals surface area contributed by atoms with Crippen molar-refractivity contribution in [3.8, 4) is 33.4 Å². The third-order valence-electron chi connectivity index (χ3n) is 15.2. The molecule has 0 N–H and O–H groups in total. The third kappa shape index (κ3) is 5.22. The van der Waals surface area contributed by atoms with E-state index in [0.717, 1.165) is 0 Å². The Hall–Kier alpha value is -4.81. The Bertz CT molecular complexity index is 3240. The number of benzene rings is 9. The van der Waals surface area contributed by atoms with Gasteiger partial charge in [-0.3, -0.25) is 0 Å². The van der Waals surface area contributed by atoms with Crippen molar-refractivity contribution in [3.63, 3.8) is 0 Å². The molecule has 0 fully saturated rings. The van der Waals surface area contributed by atoms with Crippen LogP contribution in [-0.2, 0) is 0 Å². The Morgan fingerprint density at radius 1 is 0.241 bits per heavy atom. The summed E-state index contributed by atoms with van der Waals surface area (Å²) >= 11 is 0. The second kappa shape index (κ2) is 13.9. The van der Waals surface area contributed by atoms with E-state index in [1.807, 2.05) is 0 Å². The largest absolute Gasteiger partial charge is 0.139 e. The van der Waals surface area contributed by atoms with E-state index in [0.29, 0.717) is 0 Å². The van der Waals surface area contributed by atoms with Gasteiger partial charge in [-0.05, 0) is 93.3 Å². The fraction of sp³-hybridized carbons (Fsp3) is 0. The maximum absolute atomic E-state index is 2.50. The molecule has 0 atom stereocenters. The van der Waals surface area contributed by atoms with Crippen LogP contribution in [0.25, 0.3) is 87.2 Å². The van der Waals surface area contributed by atoms with E-state index in [4.69, 9.17) is 0 Å². The molecule has 0 saturated carbocycles. The molecule has 58 heavy (non-hydrogen) atoms. The van der Waals surface area contributed by atoms with Crippen molar-refractivity contribution in [1.29, 1.82) is 0 Å². The summed E-state index contributed by atoms with van der Waals surface area (Å²) < 4.78 is 0. The van der Waals surface area contributed by atoms with Gasteiger partial charge in [-0.25, -0.2) is 0 Å². The fourth-order valence-corrected chi connectivity index (χ4v) is 10.9. The lowest BCUT2D eigenvalue weighted by molar-refractivity contribution is 1.69. The molecule has 0 amide bonds. The topological polar surface area (TPSA) is 0 Å². The van der Waals surface area contributed by atoms with Gasteiger partial charge < -0.3 is 0 Å². The summed E-state index contributed by atoms with van der Waals surface area (Å²) in [7, 11) is 33.2. The molecule has 0 nitrogen and oxygen atoms in total. The second-order valence-corrected chi connectivity index (χ2v) is 17.6. The maximum Gasteiger partial charge on any atom is 0.139 e. The molecule has 0 spiro atoms. The van der Waals surface area contributed by atoms with Crippen LogP contribution in [-0.4, -0.2) is 110 Å². The van der Waals surface area contributed by atoms with Gasteiger partial charge in [0, 0.05) is 0 Å². The number of hydrogen-bond donors (Lipinski definition) is 0. The molecule has 0 unspecified atom stereocenters. The molecule has 0 radical (unpaired) electrons. The molecular formula is C44H42B14. The molecule has 14 heteroatoms. The molecule has 9 aromatic rings. The zero-order valence-electron chi connectivity index (χ0n) is 37.1. The lowest BCUT2D eigenvalue weighted by Crippen LogP contribution is -2.50. The highest BCUT2D eigenvalue weighted by molar-refractivity contribution is 6.73. The molecule has 0 aliphatic carbocycles. The van der Waals surface area contributed by atoms with Crippen LogP contribution < -0.4 is 76.5 Å². The summed E-state index contributed by atoms with van der Waals surface area (Å²) in [5.74, 6) is 0. The van der Waals surface area contributed by atoms with Gasteiger partial charge in [0.1, 0.15) is 110 Å². The number of rotatable bonds is 3. The standard InChI is InChI=1S/C44H42B14/c45-31-21(15-8-2-1-3-9-15)24-30(38(52)44(58)39(53)33(24)47)29(32(31)46)23-27-25(34(48)40(54)42(56)36(27)50)22(26-28(23)37(51)43(57)41(55)35(26)49)20-14-16-10-4-5-11-17(16)18-12-6-7-13-19(18)20/h1-14H,45-58H2. The Balaban J connectivity index is 1.66. The summed E-state index contributed by atoms with van der Waals surface area (Å²) in [6.45, 7) is 0. The lowest BCUT2D eigenvalue weighted by Gasteiger charge is -2.31. The third-order valence-corrected chi connectivity index (χ3v) is 15.2. The molecule has 0 aromatic heterocycles. The van der Waals surface area contributed by atoms with E-state index in [2.05, 4.69) is 195 Å². The van der Waals surface area contributed by atoms with E-state index in [9.17, 15) is 0 Å². The van der Waals surface area contributed by atoms with Crippen LogP contribution in [0.1, 0.15) is 0 Å². The molecule has 9 aromatic carbocycles. The Morgan fingerprint density at radius 3 is 1.07 bits per heavy atom. The number of hydrogen-bond acceptors (Lipinski definition) is 0. The number of fused-ring (bicyclic) bond motifs is 6. The molecule has 0 saturated heterocycles. The highest BCUT2D eigenvalue weighted by atomic mass is 14.3. The molecule has 9 rings (SSSR count). The predicted octanol–water partition coefficient (Wildman–Crippen LogP) is -11.9. The Morgan fingerprint density at radius 2 is 0.586 bits per heavy atom. The van der Waals surface area contributed by atoms with Gasteiger partial charge in [0.2, 0.25) is 0 Å². The van der Waals surface area contributed by atoms with E-state index in [1.165, 1.54) is 164 Å². The van der Waals surface area contributed by atoms with Gasteiger partial charge in [-0.1, -0.05) is 123 Å². The highest BCUT2D eigenvalue weighted by Gasteiger charge is 2.29. The van der Waals surface area contributed by atoms with E-state index < -0.39 is 0 Å². The van der Waals surface area contributed by atoms with Crippen molar-refractivity contribution < 1.29 is 0 Å². The van der Waals surface area contributed by atoms with Crippen LogP contribution in [0.15, 0.2) is 84.9 Å². The van der Waals surface area contributed by atoms with Crippen molar-refractivity contribution in [2.75, 3.05) is 0 Å². The summed E-state index contributed by atoms with van der Waals surface area (Å²) in [6, 6.07) is 31.7. The smallest absolute Gasteiger partial charge is 0.101 e. The normalized spacial score (nSPS) is 11.7. The minimum atomic E-state index is 1.28. The van der Waals surface area contributed by atoms with Crippen molar-refractivity contribution in [2.24, 2.45) is 0 Å². The van der Waals surface area contributed by atoms with Gasteiger partial charge >= 0.3 is 0 Å². The van der Waals surface area contributed by atoms with Crippen molar-refractivity contribution in [2.45, 2.75) is 0 Å². The van der Waals surface area contributed by atoms with Crippen LogP contribution in [0.4, 0.5) is 0 Å². The van der Waals surface area contributed by atoms with Gasteiger partial charge in [-0.2, -0.15) is 0 Å². The quantitative estimate of drug-likeness (QED) is 0.0968. The second-order valence-electron chi connectivity index (χ2n) is 17.6. The first-order valence-electron chi connectivity index (χ1n) is 21.1. The first kappa shape index (κ1) is 38.7. The summed E-state index contributed by atoms with van der Waals surface area (Å²) in [5.41, 5.74) is 27.5. The summed E-state index contributed by atoms with van der Waals surface area (Å²) in [6.07, 6.45) is 0. The molecule has 0 heterocycles. The summed E-state index contributed by atoms with van der Waals surface area (Å²) in [5, 5.41) is 13.6. The predicted molar refractivity (Wildman–Crippen MR) is 305 cm³/mol. The minimum absolute atomic E-state index is 1.28. The first-order valence-corrected chi connectivity index (χ1v) is 21.1. The van der Waals surface area contributed by atoms with Gasteiger partial charge in [0.05, 0.1) is 0 Å². The molecule has 0 aliphatic rings. The van der Waals surface area contributed by atoms with Gasteiger partial charge in [-0.15, -0.1) is 32.8 Å². The minimum Gasteiger partial charge on any atom is -0.101 e. The fourth-order valence-electron chi connectivity index (χ4n) is 10.9. The van der Waals surface area contributed by atoms with E-state index in [-0.39, 0.29) is 0 Å². The van der Waals surface area contributed by atoms with Crippen LogP contribution in [0.3, 0.4) is 0 Å². The Kier molecular flexibility index (Phi) is 9.27. The van der Waals surface area contributed by atoms with Crippen LogP contribution >= 0.6 is 0 Å². The zero-order valence-corrected chi connectivity index (χ0v) is 37.1. The van der Waals surface area contributed by atoms with Crippen LogP contribution in [0.5, 0.6) is 0 Å². The molecular weight excluding hydrogens is 680 g/mol. The van der Waals surface area contributed by atoms with Crippen molar-refractivity contribution in [1.82, 2.24) is 0 Å². The zero-order chi connectivity index (χ0) is 41.2. The average molecular weight is 722 g/mol. The lowest BCUT2D eigenvalue weighted by atomic mass is 9.57. The SMILES string of the molecule is Bc1c(B)c(B)c2c(-c3c4c(B)c(B)c(B)c(B)c4c(-c4cc5ccccc5c5ccccc45)c4c(B)c(B)c(B)c(B)c34)c(B)c(B)c(-c3ccccc3)c2c1B. The van der Waals surface area contributed by atoms with Crippen LogP contribution in [0.2, 0.25) is 0 Å². The van der Waals surface area contributed by atoms with E-state index >= 15 is 0 Å². The van der Waals surface area contributed by atoms with Gasteiger partial charge in [0.15, 0.2) is 0 Å². The van der Waals surface area contributed by atoms with E-state index in [1.54, 1.807) is 0 Å². The highest BCUT2D eigenvalue weighted by Crippen LogP contribution is 2.45.